The van der Waals surface area contributed by atoms with Gasteiger partial charge in [0.1, 0.15) is 18.7 Å². The molecule has 4 nitrogen and oxygen atoms in total. The van der Waals surface area contributed by atoms with Crippen molar-refractivity contribution in [2.24, 2.45) is 5.92 Å². The van der Waals surface area contributed by atoms with Crippen molar-refractivity contribution in [2.45, 2.75) is 45.4 Å². The van der Waals surface area contributed by atoms with Crippen LogP contribution in [0.2, 0.25) is 0 Å². The lowest BCUT2D eigenvalue weighted by Crippen LogP contribution is -2.18. The van der Waals surface area contributed by atoms with Crippen molar-refractivity contribution in [1.82, 2.24) is 0 Å². The normalized spacial score (nSPS) is 12.1. The van der Waals surface area contributed by atoms with Crippen LogP contribution in [0.25, 0.3) is 0 Å². The second-order valence-electron chi connectivity index (χ2n) is 3.90. The summed E-state index contributed by atoms with van der Waals surface area (Å²) < 4.78 is 0. The Hall–Kier alpha value is -1.03. The standard InChI is InChI=1S/C12H20O4/c1-2-3-4-5-12(16)10(8-13)6-7-11(15)9-14/h8,10,14H,2-7,9H2,1H3. The molecule has 1 N–H and O–H groups in total. The number of hydrogen-bond donors (Lipinski definition) is 1. The SMILES string of the molecule is CCCCCC(=O)C(C=O)CCC(=O)CO. The third-order valence-electron chi connectivity index (χ3n) is 2.52. The summed E-state index contributed by atoms with van der Waals surface area (Å²) in [5, 5.41) is 8.51. The van der Waals surface area contributed by atoms with E-state index in [0.717, 1.165) is 19.3 Å². The smallest absolute Gasteiger partial charge is 0.158 e. The summed E-state index contributed by atoms with van der Waals surface area (Å²) in [5.41, 5.74) is 0. The van der Waals surface area contributed by atoms with E-state index in [4.69, 9.17) is 5.11 Å². The average molecular weight is 228 g/mol. The van der Waals surface area contributed by atoms with E-state index in [-0.39, 0.29) is 24.4 Å². The molecule has 0 amide bonds. The fraction of sp³-hybridized carbons (Fsp3) is 0.750. The van der Waals surface area contributed by atoms with Crippen molar-refractivity contribution in [1.29, 1.82) is 0 Å². The molecule has 0 aliphatic carbocycles. The maximum atomic E-state index is 11.5. The highest BCUT2D eigenvalue weighted by Crippen LogP contribution is 2.11. The number of aliphatic hydroxyl groups is 1. The van der Waals surface area contributed by atoms with Gasteiger partial charge in [-0.25, -0.2) is 0 Å². The predicted octanol–water partition coefficient (Wildman–Crippen LogP) is 1.29. The number of carbonyl (C=O) groups is 3. The Bertz CT molecular complexity index is 235. The molecule has 0 saturated carbocycles. The fourth-order valence-corrected chi connectivity index (χ4v) is 1.44. The number of rotatable bonds is 10. The maximum absolute atomic E-state index is 11.5. The van der Waals surface area contributed by atoms with E-state index in [2.05, 4.69) is 0 Å². The highest BCUT2D eigenvalue weighted by molar-refractivity contribution is 5.93. The molecule has 1 atom stereocenters. The Morgan fingerprint density at radius 2 is 1.94 bits per heavy atom. The maximum Gasteiger partial charge on any atom is 0.158 e. The molecule has 0 aliphatic rings. The lowest BCUT2D eigenvalue weighted by Gasteiger charge is -2.07. The van der Waals surface area contributed by atoms with Gasteiger partial charge in [0.2, 0.25) is 0 Å². The Balaban J connectivity index is 3.92. The minimum absolute atomic E-state index is 0.0887. The highest BCUT2D eigenvalue weighted by atomic mass is 16.3. The first kappa shape index (κ1) is 15.0. The quantitative estimate of drug-likeness (QED) is 0.347. The second-order valence-corrected chi connectivity index (χ2v) is 3.90. The number of ketones is 2. The van der Waals surface area contributed by atoms with Gasteiger partial charge in [0, 0.05) is 12.8 Å². The molecule has 4 heteroatoms. The fourth-order valence-electron chi connectivity index (χ4n) is 1.44. The van der Waals surface area contributed by atoms with Crippen LogP contribution in [0.4, 0.5) is 0 Å². The average Bonchev–Trinajstić information content (AvgIpc) is 2.29. The molecule has 0 aromatic carbocycles. The summed E-state index contributed by atoms with van der Waals surface area (Å²) in [4.78, 5) is 33.1. The van der Waals surface area contributed by atoms with Gasteiger partial charge in [-0.3, -0.25) is 9.59 Å². The van der Waals surface area contributed by atoms with Gasteiger partial charge >= 0.3 is 0 Å². The van der Waals surface area contributed by atoms with Crippen LogP contribution in [0.5, 0.6) is 0 Å². The van der Waals surface area contributed by atoms with E-state index in [9.17, 15) is 14.4 Å². The molecule has 0 saturated heterocycles. The monoisotopic (exact) mass is 228 g/mol. The minimum Gasteiger partial charge on any atom is -0.389 e. The molecule has 92 valence electrons. The summed E-state index contributed by atoms with van der Waals surface area (Å²) in [7, 11) is 0. The number of aliphatic hydroxyl groups excluding tert-OH is 1. The molecule has 0 aromatic rings. The van der Waals surface area contributed by atoms with Crippen LogP contribution >= 0.6 is 0 Å². The van der Waals surface area contributed by atoms with E-state index in [1.165, 1.54) is 0 Å². The van der Waals surface area contributed by atoms with Crippen LogP contribution in [-0.4, -0.2) is 29.6 Å². The molecule has 0 radical (unpaired) electrons. The number of hydrogen-bond acceptors (Lipinski definition) is 4. The molecular formula is C12H20O4. The molecule has 1 unspecified atom stereocenters. The van der Waals surface area contributed by atoms with Gasteiger partial charge in [0.25, 0.3) is 0 Å². The van der Waals surface area contributed by atoms with Crippen molar-refractivity contribution in [3.05, 3.63) is 0 Å². The van der Waals surface area contributed by atoms with E-state index in [1.54, 1.807) is 0 Å². The lowest BCUT2D eigenvalue weighted by molar-refractivity contribution is -0.128. The van der Waals surface area contributed by atoms with E-state index < -0.39 is 12.5 Å². The van der Waals surface area contributed by atoms with Gasteiger partial charge < -0.3 is 9.90 Å². The topological polar surface area (TPSA) is 71.4 Å². The Kier molecular flexibility index (Phi) is 8.62. The molecule has 0 spiro atoms. The first-order valence-corrected chi connectivity index (χ1v) is 5.76. The second kappa shape index (κ2) is 9.21. The molecule has 0 aromatic heterocycles. The van der Waals surface area contributed by atoms with E-state index in [0.29, 0.717) is 12.7 Å². The first-order chi connectivity index (χ1) is 7.65. The van der Waals surface area contributed by atoms with Gasteiger partial charge in [-0.1, -0.05) is 19.8 Å². The van der Waals surface area contributed by atoms with Crippen molar-refractivity contribution in [2.75, 3.05) is 6.61 Å². The molecule has 0 rings (SSSR count). The van der Waals surface area contributed by atoms with Crippen LogP contribution in [0.15, 0.2) is 0 Å². The minimum atomic E-state index is -0.674. The van der Waals surface area contributed by atoms with Crippen LogP contribution in [0.1, 0.15) is 45.4 Å². The summed E-state index contributed by atoms with van der Waals surface area (Å²) >= 11 is 0. The van der Waals surface area contributed by atoms with Crippen molar-refractivity contribution < 1.29 is 19.5 Å². The van der Waals surface area contributed by atoms with E-state index in [1.807, 2.05) is 6.92 Å². The number of aldehydes is 1. The van der Waals surface area contributed by atoms with Gasteiger partial charge in [-0.2, -0.15) is 0 Å². The van der Waals surface area contributed by atoms with Crippen molar-refractivity contribution >= 4 is 17.9 Å². The van der Waals surface area contributed by atoms with Gasteiger partial charge in [0.05, 0.1) is 5.92 Å². The molecule has 0 bridgehead atoms. The summed E-state index contributed by atoms with van der Waals surface area (Å²) in [6.45, 7) is 1.53. The summed E-state index contributed by atoms with van der Waals surface area (Å²) in [6, 6.07) is 0. The zero-order valence-electron chi connectivity index (χ0n) is 9.78. The molecule has 0 heterocycles. The molecular weight excluding hydrogens is 208 g/mol. The zero-order chi connectivity index (χ0) is 12.4. The zero-order valence-corrected chi connectivity index (χ0v) is 9.78. The Morgan fingerprint density at radius 3 is 2.44 bits per heavy atom. The van der Waals surface area contributed by atoms with Crippen LogP contribution in [0.3, 0.4) is 0 Å². The Morgan fingerprint density at radius 1 is 1.25 bits per heavy atom. The number of unbranched alkanes of at least 4 members (excludes halogenated alkanes) is 2. The largest absolute Gasteiger partial charge is 0.389 e. The van der Waals surface area contributed by atoms with Crippen LogP contribution in [-0.2, 0) is 14.4 Å². The summed E-state index contributed by atoms with van der Waals surface area (Å²) in [5.74, 6) is -1.09. The van der Waals surface area contributed by atoms with Gasteiger partial charge in [-0.15, -0.1) is 0 Å². The van der Waals surface area contributed by atoms with Crippen LogP contribution in [0, 0.1) is 5.92 Å². The molecule has 16 heavy (non-hydrogen) atoms. The van der Waals surface area contributed by atoms with Gasteiger partial charge in [-0.05, 0) is 12.8 Å². The predicted molar refractivity (Wildman–Crippen MR) is 60.0 cm³/mol. The third kappa shape index (κ3) is 6.45. The molecule has 0 aliphatic heterocycles. The Labute approximate surface area is 96.0 Å². The van der Waals surface area contributed by atoms with Crippen LogP contribution < -0.4 is 0 Å². The number of carbonyl (C=O) groups excluding carboxylic acids is 3. The van der Waals surface area contributed by atoms with E-state index >= 15 is 0 Å². The van der Waals surface area contributed by atoms with Gasteiger partial charge in [0.15, 0.2) is 5.78 Å². The first-order valence-electron chi connectivity index (χ1n) is 5.76. The summed E-state index contributed by atoms with van der Waals surface area (Å²) in [6.07, 6.45) is 4.15. The highest BCUT2D eigenvalue weighted by Gasteiger charge is 2.17. The van der Waals surface area contributed by atoms with Crippen molar-refractivity contribution in [3.63, 3.8) is 0 Å². The lowest BCUT2D eigenvalue weighted by atomic mass is 9.95. The third-order valence-corrected chi connectivity index (χ3v) is 2.52. The van der Waals surface area contributed by atoms with Crippen molar-refractivity contribution in [3.8, 4) is 0 Å². The molecule has 0 fully saturated rings. The number of Topliss-reactive ketones (excluding diaryl/α,β-unsaturated/α-hetero) is 2.